The zero-order valence-corrected chi connectivity index (χ0v) is 11.8. The monoisotopic (exact) mass is 246 g/mol. The van der Waals surface area contributed by atoms with Crippen LogP contribution in [0.15, 0.2) is 18.3 Å². The summed E-state index contributed by atoms with van der Waals surface area (Å²) in [6.07, 6.45) is 10.2. The lowest BCUT2D eigenvalue weighted by Crippen LogP contribution is -2.29. The van der Waals surface area contributed by atoms with Crippen LogP contribution in [0.2, 0.25) is 0 Å². The summed E-state index contributed by atoms with van der Waals surface area (Å²) in [5.41, 5.74) is 2.60. The van der Waals surface area contributed by atoms with Gasteiger partial charge in [-0.15, -0.1) is 0 Å². The number of rotatable bonds is 4. The summed E-state index contributed by atoms with van der Waals surface area (Å²) in [6.45, 7) is 5.41. The summed E-state index contributed by atoms with van der Waals surface area (Å²) in [5, 5.41) is 3.67. The maximum atomic E-state index is 4.64. The first-order chi connectivity index (χ1) is 8.83. The van der Waals surface area contributed by atoms with E-state index in [0.717, 1.165) is 12.5 Å². The second kappa shape index (κ2) is 6.89. The quantitative estimate of drug-likeness (QED) is 0.812. The van der Waals surface area contributed by atoms with Gasteiger partial charge in [-0.05, 0) is 43.9 Å². The van der Waals surface area contributed by atoms with E-state index < -0.39 is 0 Å². The molecule has 1 fully saturated rings. The lowest BCUT2D eigenvalue weighted by Gasteiger charge is -2.27. The minimum absolute atomic E-state index is 0.453. The summed E-state index contributed by atoms with van der Waals surface area (Å²) < 4.78 is 0. The SMILES string of the molecule is CCNC(c1ncccc1C)C1CCCCCC1. The number of hydrogen-bond acceptors (Lipinski definition) is 2. The molecule has 1 saturated carbocycles. The van der Waals surface area contributed by atoms with Crippen molar-refractivity contribution >= 4 is 0 Å². The molecule has 0 spiro atoms. The van der Waals surface area contributed by atoms with Gasteiger partial charge in [0.25, 0.3) is 0 Å². The summed E-state index contributed by atoms with van der Waals surface area (Å²) in [6, 6.07) is 4.67. The highest BCUT2D eigenvalue weighted by atomic mass is 14.9. The van der Waals surface area contributed by atoms with E-state index in [1.807, 2.05) is 12.3 Å². The van der Waals surface area contributed by atoms with Crippen LogP contribution >= 0.6 is 0 Å². The Morgan fingerprint density at radius 3 is 2.61 bits per heavy atom. The molecule has 0 amide bonds. The van der Waals surface area contributed by atoms with E-state index in [9.17, 15) is 0 Å². The molecule has 18 heavy (non-hydrogen) atoms. The van der Waals surface area contributed by atoms with Crippen molar-refractivity contribution in [2.45, 2.75) is 58.4 Å². The van der Waals surface area contributed by atoms with Gasteiger partial charge in [-0.1, -0.05) is 38.7 Å². The summed E-state index contributed by atoms with van der Waals surface area (Å²) in [7, 11) is 0. The van der Waals surface area contributed by atoms with Crippen molar-refractivity contribution in [3.63, 3.8) is 0 Å². The third kappa shape index (κ3) is 3.32. The van der Waals surface area contributed by atoms with Crippen molar-refractivity contribution in [3.8, 4) is 0 Å². The van der Waals surface area contributed by atoms with Crippen LogP contribution in [0.3, 0.4) is 0 Å². The highest BCUT2D eigenvalue weighted by molar-refractivity contribution is 5.21. The number of nitrogens with zero attached hydrogens (tertiary/aromatic N) is 1. The number of hydrogen-bond donors (Lipinski definition) is 1. The predicted molar refractivity (Wildman–Crippen MR) is 76.6 cm³/mol. The molecule has 1 aliphatic carbocycles. The fourth-order valence-electron chi connectivity index (χ4n) is 3.17. The van der Waals surface area contributed by atoms with E-state index in [1.54, 1.807) is 0 Å². The number of nitrogens with one attached hydrogen (secondary N) is 1. The first kappa shape index (κ1) is 13.5. The van der Waals surface area contributed by atoms with E-state index >= 15 is 0 Å². The Hall–Kier alpha value is -0.890. The topological polar surface area (TPSA) is 24.9 Å². The normalized spacial score (nSPS) is 19.4. The first-order valence-corrected chi connectivity index (χ1v) is 7.47. The van der Waals surface area contributed by atoms with Crippen LogP contribution in [0.4, 0.5) is 0 Å². The molecule has 100 valence electrons. The Morgan fingerprint density at radius 1 is 1.28 bits per heavy atom. The number of aryl methyl sites for hydroxylation is 1. The van der Waals surface area contributed by atoms with Gasteiger partial charge in [-0.2, -0.15) is 0 Å². The average molecular weight is 246 g/mol. The molecule has 1 aromatic rings. The molecule has 0 bridgehead atoms. The molecule has 1 heterocycles. The Morgan fingerprint density at radius 2 is 2.00 bits per heavy atom. The van der Waals surface area contributed by atoms with Crippen LogP contribution in [0, 0.1) is 12.8 Å². The molecule has 1 unspecified atom stereocenters. The molecule has 2 heteroatoms. The van der Waals surface area contributed by atoms with E-state index in [4.69, 9.17) is 0 Å². The van der Waals surface area contributed by atoms with E-state index in [2.05, 4.69) is 30.2 Å². The number of aromatic nitrogens is 1. The van der Waals surface area contributed by atoms with Gasteiger partial charge in [-0.3, -0.25) is 4.98 Å². The number of pyridine rings is 1. The summed E-state index contributed by atoms with van der Waals surface area (Å²) in [4.78, 5) is 4.64. The maximum absolute atomic E-state index is 4.64. The van der Waals surface area contributed by atoms with E-state index in [-0.39, 0.29) is 0 Å². The van der Waals surface area contributed by atoms with Crippen LogP contribution in [0.25, 0.3) is 0 Å². The van der Waals surface area contributed by atoms with Gasteiger partial charge < -0.3 is 5.32 Å². The van der Waals surface area contributed by atoms with Gasteiger partial charge in [0, 0.05) is 6.20 Å². The Bertz CT molecular complexity index is 354. The Balaban J connectivity index is 2.18. The molecule has 0 saturated heterocycles. The Kier molecular flexibility index (Phi) is 5.18. The smallest absolute Gasteiger partial charge is 0.0605 e. The molecule has 1 aromatic heterocycles. The van der Waals surface area contributed by atoms with Crippen LogP contribution in [-0.2, 0) is 0 Å². The lowest BCUT2D eigenvalue weighted by molar-refractivity contribution is 0.323. The molecule has 2 nitrogen and oxygen atoms in total. The van der Waals surface area contributed by atoms with Gasteiger partial charge in [0.05, 0.1) is 11.7 Å². The van der Waals surface area contributed by atoms with Crippen molar-refractivity contribution in [1.82, 2.24) is 10.3 Å². The van der Waals surface area contributed by atoms with Crippen LogP contribution in [-0.4, -0.2) is 11.5 Å². The van der Waals surface area contributed by atoms with Crippen molar-refractivity contribution in [1.29, 1.82) is 0 Å². The third-order valence-electron chi connectivity index (χ3n) is 4.14. The standard InChI is InChI=1S/C16H26N2/c1-3-17-16(14-10-6-4-5-7-11-14)15-13(2)9-8-12-18-15/h8-9,12,14,16-17H,3-7,10-11H2,1-2H3. The second-order valence-corrected chi connectivity index (χ2v) is 5.49. The highest BCUT2D eigenvalue weighted by Gasteiger charge is 2.25. The maximum Gasteiger partial charge on any atom is 0.0605 e. The summed E-state index contributed by atoms with van der Waals surface area (Å²) >= 11 is 0. The van der Waals surface area contributed by atoms with Gasteiger partial charge >= 0.3 is 0 Å². The van der Waals surface area contributed by atoms with Gasteiger partial charge in [0.1, 0.15) is 0 Å². The minimum atomic E-state index is 0.453. The molecule has 1 aliphatic rings. The summed E-state index contributed by atoms with van der Waals surface area (Å²) in [5.74, 6) is 0.765. The minimum Gasteiger partial charge on any atom is -0.309 e. The largest absolute Gasteiger partial charge is 0.309 e. The predicted octanol–water partition coefficient (Wildman–Crippen LogP) is 4.01. The molecule has 1 N–H and O–H groups in total. The molecular weight excluding hydrogens is 220 g/mol. The van der Waals surface area contributed by atoms with Crippen molar-refractivity contribution in [2.24, 2.45) is 5.92 Å². The van der Waals surface area contributed by atoms with Crippen LogP contribution in [0.1, 0.15) is 62.7 Å². The molecule has 1 atom stereocenters. The molecule has 2 rings (SSSR count). The van der Waals surface area contributed by atoms with Gasteiger partial charge in [0.2, 0.25) is 0 Å². The first-order valence-electron chi connectivity index (χ1n) is 7.47. The molecular formula is C16H26N2. The lowest BCUT2D eigenvalue weighted by atomic mass is 9.88. The van der Waals surface area contributed by atoms with Crippen LogP contribution in [0.5, 0.6) is 0 Å². The van der Waals surface area contributed by atoms with Crippen LogP contribution < -0.4 is 5.32 Å². The van der Waals surface area contributed by atoms with E-state index in [0.29, 0.717) is 6.04 Å². The second-order valence-electron chi connectivity index (χ2n) is 5.49. The zero-order chi connectivity index (χ0) is 12.8. The molecule has 0 aliphatic heterocycles. The molecule has 0 aromatic carbocycles. The average Bonchev–Trinajstić information content (AvgIpc) is 2.66. The van der Waals surface area contributed by atoms with Crippen molar-refractivity contribution in [3.05, 3.63) is 29.6 Å². The highest BCUT2D eigenvalue weighted by Crippen LogP contribution is 2.33. The fourth-order valence-corrected chi connectivity index (χ4v) is 3.17. The van der Waals surface area contributed by atoms with Gasteiger partial charge in [-0.25, -0.2) is 0 Å². The van der Waals surface area contributed by atoms with Crippen molar-refractivity contribution < 1.29 is 0 Å². The Labute approximate surface area is 111 Å². The van der Waals surface area contributed by atoms with E-state index in [1.165, 1.54) is 49.8 Å². The van der Waals surface area contributed by atoms with Crippen molar-refractivity contribution in [2.75, 3.05) is 6.54 Å². The third-order valence-corrected chi connectivity index (χ3v) is 4.14. The fraction of sp³-hybridized carbons (Fsp3) is 0.688. The zero-order valence-electron chi connectivity index (χ0n) is 11.8. The molecule has 0 radical (unpaired) electrons. The van der Waals surface area contributed by atoms with Gasteiger partial charge in [0.15, 0.2) is 0 Å².